The number of aryl methyl sites for hydroxylation is 1. The summed E-state index contributed by atoms with van der Waals surface area (Å²) in [6.45, 7) is 5.75. The number of aromatic nitrogens is 2. The first-order valence-electron chi connectivity index (χ1n) is 6.33. The van der Waals surface area contributed by atoms with E-state index in [1.165, 1.54) is 0 Å². The topological polar surface area (TPSA) is 96.2 Å². The van der Waals surface area contributed by atoms with Gasteiger partial charge in [-0.3, -0.25) is 4.79 Å². The van der Waals surface area contributed by atoms with Crippen LogP contribution < -0.4 is 16.2 Å². The van der Waals surface area contributed by atoms with Gasteiger partial charge in [-0.15, -0.1) is 0 Å². The van der Waals surface area contributed by atoms with Crippen molar-refractivity contribution in [2.75, 3.05) is 5.73 Å². The van der Waals surface area contributed by atoms with Crippen molar-refractivity contribution in [1.29, 1.82) is 0 Å². The Morgan fingerprint density at radius 3 is 2.60 bits per heavy atom. The highest BCUT2D eigenvalue weighted by atomic mass is 16.5. The van der Waals surface area contributed by atoms with Crippen LogP contribution >= 0.6 is 0 Å². The van der Waals surface area contributed by atoms with Crippen molar-refractivity contribution in [3.05, 3.63) is 35.5 Å². The lowest BCUT2D eigenvalue weighted by Crippen LogP contribution is -2.13. The SMILES string of the molecule is Cc1nn(C(C)C)c(Oc2ccccc2C(N)=O)c1N. The number of carbonyl (C=O) groups excluding carboxylic acids is 1. The number of rotatable bonds is 4. The molecule has 0 spiro atoms. The van der Waals surface area contributed by atoms with Gasteiger partial charge in [-0.05, 0) is 32.9 Å². The van der Waals surface area contributed by atoms with Crippen molar-refractivity contribution in [1.82, 2.24) is 9.78 Å². The van der Waals surface area contributed by atoms with Gasteiger partial charge in [0.15, 0.2) is 0 Å². The van der Waals surface area contributed by atoms with Gasteiger partial charge in [-0.25, -0.2) is 4.68 Å². The normalized spacial score (nSPS) is 10.8. The molecular weight excluding hydrogens is 256 g/mol. The number of amides is 1. The van der Waals surface area contributed by atoms with Crippen LogP contribution in [0.3, 0.4) is 0 Å². The van der Waals surface area contributed by atoms with Crippen molar-refractivity contribution >= 4 is 11.6 Å². The molecule has 0 saturated carbocycles. The Hall–Kier alpha value is -2.50. The molecule has 1 aromatic heterocycles. The van der Waals surface area contributed by atoms with Crippen LogP contribution in [-0.4, -0.2) is 15.7 Å². The van der Waals surface area contributed by atoms with Crippen LogP contribution in [0.25, 0.3) is 0 Å². The van der Waals surface area contributed by atoms with Crippen molar-refractivity contribution in [3.8, 4) is 11.6 Å². The molecule has 0 bridgehead atoms. The summed E-state index contributed by atoms with van der Waals surface area (Å²) in [7, 11) is 0. The maximum absolute atomic E-state index is 11.4. The standard InChI is InChI=1S/C14H18N4O2/c1-8(2)18-14(12(15)9(3)17-18)20-11-7-5-4-6-10(11)13(16)19/h4-8H,15H2,1-3H3,(H2,16,19). The van der Waals surface area contributed by atoms with Gasteiger partial charge in [0.2, 0.25) is 5.88 Å². The van der Waals surface area contributed by atoms with E-state index in [1.54, 1.807) is 35.9 Å². The van der Waals surface area contributed by atoms with Crippen molar-refractivity contribution in [2.24, 2.45) is 5.73 Å². The average molecular weight is 274 g/mol. The number of benzene rings is 1. The highest BCUT2D eigenvalue weighted by Crippen LogP contribution is 2.33. The third-order valence-electron chi connectivity index (χ3n) is 2.93. The number of primary amides is 1. The largest absolute Gasteiger partial charge is 0.436 e. The van der Waals surface area contributed by atoms with Gasteiger partial charge in [-0.2, -0.15) is 5.10 Å². The molecule has 2 rings (SSSR count). The molecule has 20 heavy (non-hydrogen) atoms. The minimum absolute atomic E-state index is 0.0849. The first kappa shape index (κ1) is 13.9. The molecule has 6 heteroatoms. The molecule has 0 unspecified atom stereocenters. The Balaban J connectivity index is 2.48. The van der Waals surface area contributed by atoms with Crippen LogP contribution in [0.15, 0.2) is 24.3 Å². The summed E-state index contributed by atoms with van der Waals surface area (Å²) in [5.74, 6) is 0.242. The Labute approximate surface area is 117 Å². The number of anilines is 1. The number of nitrogens with two attached hydrogens (primary N) is 2. The van der Waals surface area contributed by atoms with Crippen molar-refractivity contribution < 1.29 is 9.53 Å². The zero-order valence-corrected chi connectivity index (χ0v) is 11.8. The van der Waals surface area contributed by atoms with E-state index in [0.717, 1.165) is 0 Å². The molecule has 0 radical (unpaired) electrons. The first-order chi connectivity index (χ1) is 9.41. The quantitative estimate of drug-likeness (QED) is 0.893. The summed E-state index contributed by atoms with van der Waals surface area (Å²) in [6.07, 6.45) is 0. The van der Waals surface area contributed by atoms with Crippen molar-refractivity contribution in [3.63, 3.8) is 0 Å². The van der Waals surface area contributed by atoms with Crippen LogP contribution in [0.2, 0.25) is 0 Å². The maximum atomic E-state index is 11.4. The molecule has 6 nitrogen and oxygen atoms in total. The summed E-state index contributed by atoms with van der Waals surface area (Å²) in [5.41, 5.74) is 12.8. The lowest BCUT2D eigenvalue weighted by molar-refractivity contribution is 0.0998. The molecule has 0 aliphatic rings. The van der Waals surface area contributed by atoms with Gasteiger partial charge in [0.1, 0.15) is 11.4 Å². The molecule has 2 aromatic rings. The monoisotopic (exact) mass is 274 g/mol. The van der Waals surface area contributed by atoms with Crippen LogP contribution in [0, 0.1) is 6.92 Å². The molecule has 0 atom stereocenters. The number of carbonyl (C=O) groups is 1. The molecule has 1 amide bonds. The third-order valence-corrected chi connectivity index (χ3v) is 2.93. The van der Waals surface area contributed by atoms with E-state index in [1.807, 2.05) is 13.8 Å². The molecule has 0 fully saturated rings. The zero-order chi connectivity index (χ0) is 14.9. The molecule has 0 aliphatic carbocycles. The average Bonchev–Trinajstić information content (AvgIpc) is 2.67. The van der Waals surface area contributed by atoms with Gasteiger partial charge in [0.05, 0.1) is 17.3 Å². The van der Waals surface area contributed by atoms with Crippen LogP contribution in [0.4, 0.5) is 5.69 Å². The number of nitrogen functional groups attached to an aromatic ring is 1. The summed E-state index contributed by atoms with van der Waals surface area (Å²) >= 11 is 0. The Morgan fingerprint density at radius 2 is 2.00 bits per heavy atom. The third kappa shape index (κ3) is 2.45. The second-order valence-electron chi connectivity index (χ2n) is 4.81. The predicted molar refractivity (Wildman–Crippen MR) is 76.8 cm³/mol. The van der Waals surface area contributed by atoms with E-state index in [2.05, 4.69) is 5.10 Å². The summed E-state index contributed by atoms with van der Waals surface area (Å²) in [5, 5.41) is 4.33. The fraction of sp³-hybridized carbons (Fsp3) is 0.286. The van der Waals surface area contributed by atoms with Crippen molar-refractivity contribution in [2.45, 2.75) is 26.8 Å². The van der Waals surface area contributed by atoms with Gasteiger partial charge < -0.3 is 16.2 Å². The Bertz CT molecular complexity index is 647. The minimum Gasteiger partial charge on any atom is -0.436 e. The van der Waals surface area contributed by atoms with E-state index in [4.69, 9.17) is 16.2 Å². The zero-order valence-electron chi connectivity index (χ0n) is 11.8. The molecule has 1 aromatic carbocycles. The fourth-order valence-corrected chi connectivity index (χ4v) is 1.85. The minimum atomic E-state index is -0.550. The van der Waals surface area contributed by atoms with E-state index in [-0.39, 0.29) is 6.04 Å². The summed E-state index contributed by atoms with van der Waals surface area (Å²) in [6, 6.07) is 6.85. The molecule has 4 N–H and O–H groups in total. The number of nitrogens with zero attached hydrogens (tertiary/aromatic N) is 2. The second-order valence-corrected chi connectivity index (χ2v) is 4.81. The van der Waals surface area contributed by atoms with Gasteiger partial charge in [0.25, 0.3) is 5.91 Å². The number of hydrogen-bond acceptors (Lipinski definition) is 4. The van der Waals surface area contributed by atoms with E-state index >= 15 is 0 Å². The molecule has 0 saturated heterocycles. The number of ether oxygens (including phenoxy) is 1. The van der Waals surface area contributed by atoms with Gasteiger partial charge >= 0.3 is 0 Å². The molecule has 0 aliphatic heterocycles. The van der Waals surface area contributed by atoms with E-state index in [9.17, 15) is 4.79 Å². The lowest BCUT2D eigenvalue weighted by atomic mass is 10.2. The maximum Gasteiger partial charge on any atom is 0.252 e. The van der Waals surface area contributed by atoms with Crippen LogP contribution in [0.1, 0.15) is 35.9 Å². The molecular formula is C14H18N4O2. The van der Waals surface area contributed by atoms with Gasteiger partial charge in [-0.1, -0.05) is 12.1 Å². The summed E-state index contributed by atoms with van der Waals surface area (Å²) in [4.78, 5) is 11.4. The van der Waals surface area contributed by atoms with Crippen LogP contribution in [0.5, 0.6) is 11.6 Å². The smallest absolute Gasteiger partial charge is 0.252 e. The summed E-state index contributed by atoms with van der Waals surface area (Å²) < 4.78 is 7.47. The Morgan fingerprint density at radius 1 is 1.35 bits per heavy atom. The van der Waals surface area contributed by atoms with E-state index < -0.39 is 5.91 Å². The molecule has 106 valence electrons. The predicted octanol–water partition coefficient (Wildman–Crippen LogP) is 2.25. The second kappa shape index (κ2) is 5.24. The number of para-hydroxylation sites is 1. The lowest BCUT2D eigenvalue weighted by Gasteiger charge is -2.13. The number of hydrogen-bond donors (Lipinski definition) is 2. The fourth-order valence-electron chi connectivity index (χ4n) is 1.85. The van der Waals surface area contributed by atoms with E-state index in [0.29, 0.717) is 28.6 Å². The molecule has 1 heterocycles. The highest BCUT2D eigenvalue weighted by molar-refractivity contribution is 5.95. The van der Waals surface area contributed by atoms with Gasteiger partial charge in [0, 0.05) is 0 Å². The first-order valence-corrected chi connectivity index (χ1v) is 6.33. The van der Waals surface area contributed by atoms with Crippen LogP contribution in [-0.2, 0) is 0 Å². The Kier molecular flexibility index (Phi) is 3.65. The highest BCUT2D eigenvalue weighted by Gasteiger charge is 2.19.